The minimum Gasteiger partial charge on any atom is -0.167 e. The molecule has 0 aromatic heterocycles. The molecule has 0 amide bonds. The third-order valence-corrected chi connectivity index (χ3v) is 5.13. The van der Waals surface area contributed by atoms with Gasteiger partial charge in [0, 0.05) is 0 Å². The predicted molar refractivity (Wildman–Crippen MR) is 62.6 cm³/mol. The molecule has 0 heterocycles. The van der Waals surface area contributed by atoms with Gasteiger partial charge >= 0.3 is 0 Å². The van der Waals surface area contributed by atoms with Crippen LogP contribution in [0.25, 0.3) is 0 Å². The third-order valence-electron chi connectivity index (χ3n) is 1.99. The van der Waals surface area contributed by atoms with Crippen molar-refractivity contribution in [3.8, 4) is 0 Å². The SMILES string of the molecule is C=CC[Si](C)(Cl)Cc1ccccc1. The topological polar surface area (TPSA) is 0 Å². The largest absolute Gasteiger partial charge is 0.167 e. The van der Waals surface area contributed by atoms with Crippen molar-refractivity contribution in [3.05, 3.63) is 48.6 Å². The van der Waals surface area contributed by atoms with Crippen molar-refractivity contribution >= 4 is 18.5 Å². The molecule has 1 rings (SSSR count). The van der Waals surface area contributed by atoms with Gasteiger partial charge in [0.2, 0.25) is 0 Å². The van der Waals surface area contributed by atoms with Crippen molar-refractivity contribution < 1.29 is 0 Å². The molecular formula is C11H15ClSi. The summed E-state index contributed by atoms with van der Waals surface area (Å²) in [4.78, 5) is 0. The molecule has 0 aliphatic heterocycles. The molecule has 1 aromatic carbocycles. The molecule has 13 heavy (non-hydrogen) atoms. The fourth-order valence-electron chi connectivity index (χ4n) is 1.39. The van der Waals surface area contributed by atoms with Crippen LogP contribution in [0.5, 0.6) is 0 Å². The molecule has 0 fully saturated rings. The molecule has 0 saturated carbocycles. The normalized spacial score (nSPS) is 14.9. The van der Waals surface area contributed by atoms with Gasteiger partial charge in [0.1, 0.15) is 0 Å². The van der Waals surface area contributed by atoms with Crippen LogP contribution in [0.3, 0.4) is 0 Å². The molecule has 0 saturated heterocycles. The Labute approximate surface area is 86.0 Å². The zero-order valence-corrected chi connectivity index (χ0v) is 9.72. The molecule has 70 valence electrons. The van der Waals surface area contributed by atoms with E-state index in [0.717, 1.165) is 12.1 Å². The molecule has 0 bridgehead atoms. The van der Waals surface area contributed by atoms with Gasteiger partial charge in [-0.05, 0) is 17.7 Å². The Bertz CT molecular complexity index is 267. The molecule has 0 aliphatic carbocycles. The summed E-state index contributed by atoms with van der Waals surface area (Å²) < 4.78 is 0. The summed E-state index contributed by atoms with van der Waals surface area (Å²) in [6.45, 7) is 5.92. The van der Waals surface area contributed by atoms with Crippen LogP contribution < -0.4 is 0 Å². The summed E-state index contributed by atoms with van der Waals surface area (Å²) in [5.41, 5.74) is 1.34. The van der Waals surface area contributed by atoms with Gasteiger partial charge in [0.15, 0.2) is 7.38 Å². The maximum absolute atomic E-state index is 6.44. The van der Waals surface area contributed by atoms with Crippen LogP contribution in [-0.4, -0.2) is 7.38 Å². The predicted octanol–water partition coefficient (Wildman–Crippen LogP) is 3.77. The molecule has 0 aliphatic rings. The average molecular weight is 211 g/mol. The standard InChI is InChI=1S/C11H15ClSi/c1-3-9-13(2,12)10-11-7-5-4-6-8-11/h3-8H,1,9-10H2,2H3. The molecule has 1 unspecified atom stereocenters. The first kappa shape index (κ1) is 10.5. The zero-order chi connectivity index (χ0) is 9.73. The molecule has 0 spiro atoms. The molecule has 0 nitrogen and oxygen atoms in total. The van der Waals surface area contributed by atoms with Gasteiger partial charge in [-0.1, -0.05) is 43.0 Å². The lowest BCUT2D eigenvalue weighted by molar-refractivity contribution is 1.32. The van der Waals surface area contributed by atoms with Crippen LogP contribution in [-0.2, 0) is 6.04 Å². The molecular weight excluding hydrogens is 196 g/mol. The number of rotatable bonds is 4. The van der Waals surface area contributed by atoms with Gasteiger partial charge in [-0.2, -0.15) is 11.1 Å². The van der Waals surface area contributed by atoms with E-state index in [4.69, 9.17) is 11.1 Å². The first-order valence-electron chi connectivity index (χ1n) is 4.48. The Kier molecular flexibility index (Phi) is 3.76. The highest BCUT2D eigenvalue weighted by molar-refractivity contribution is 7.19. The summed E-state index contributed by atoms with van der Waals surface area (Å²) >= 11 is 6.44. The van der Waals surface area contributed by atoms with Crippen molar-refractivity contribution in [2.45, 2.75) is 18.6 Å². The van der Waals surface area contributed by atoms with E-state index < -0.39 is 7.38 Å². The van der Waals surface area contributed by atoms with E-state index in [-0.39, 0.29) is 0 Å². The van der Waals surface area contributed by atoms with Gasteiger partial charge in [-0.3, -0.25) is 0 Å². The number of halogens is 1. The van der Waals surface area contributed by atoms with E-state index in [1.807, 2.05) is 12.1 Å². The first-order valence-corrected chi connectivity index (χ1v) is 8.40. The monoisotopic (exact) mass is 210 g/mol. The van der Waals surface area contributed by atoms with E-state index in [9.17, 15) is 0 Å². The van der Waals surface area contributed by atoms with Crippen LogP contribution in [0.2, 0.25) is 12.6 Å². The highest BCUT2D eigenvalue weighted by atomic mass is 35.6. The van der Waals surface area contributed by atoms with Crippen LogP contribution in [0.1, 0.15) is 5.56 Å². The maximum Gasteiger partial charge on any atom is 0.161 e. The quantitative estimate of drug-likeness (QED) is 0.403. The van der Waals surface area contributed by atoms with Crippen molar-refractivity contribution in [2.75, 3.05) is 0 Å². The number of allylic oxidation sites excluding steroid dienone is 1. The Morgan fingerprint density at radius 1 is 1.38 bits per heavy atom. The molecule has 0 radical (unpaired) electrons. The summed E-state index contributed by atoms with van der Waals surface area (Å²) in [7, 11) is -1.59. The third kappa shape index (κ3) is 3.79. The fraction of sp³-hybridized carbons (Fsp3) is 0.273. The Balaban J connectivity index is 2.63. The summed E-state index contributed by atoms with van der Waals surface area (Å²) in [5, 5.41) is 0. The van der Waals surface area contributed by atoms with Gasteiger partial charge in [-0.15, -0.1) is 6.58 Å². The minimum absolute atomic E-state index is 0.976. The van der Waals surface area contributed by atoms with E-state index >= 15 is 0 Å². The van der Waals surface area contributed by atoms with Crippen molar-refractivity contribution in [2.24, 2.45) is 0 Å². The fourth-order valence-corrected chi connectivity index (χ4v) is 4.02. The van der Waals surface area contributed by atoms with E-state index in [1.54, 1.807) is 0 Å². The van der Waals surface area contributed by atoms with E-state index in [2.05, 4.69) is 37.4 Å². The van der Waals surface area contributed by atoms with E-state index in [0.29, 0.717) is 0 Å². The Morgan fingerprint density at radius 2 is 2.00 bits per heavy atom. The number of benzene rings is 1. The molecule has 1 aromatic rings. The van der Waals surface area contributed by atoms with Crippen LogP contribution >= 0.6 is 11.1 Å². The minimum atomic E-state index is -1.59. The smallest absolute Gasteiger partial charge is 0.161 e. The van der Waals surface area contributed by atoms with Crippen LogP contribution in [0, 0.1) is 0 Å². The van der Waals surface area contributed by atoms with Crippen LogP contribution in [0.15, 0.2) is 43.0 Å². The average Bonchev–Trinajstić information content (AvgIpc) is 2.04. The second-order valence-electron chi connectivity index (χ2n) is 3.57. The summed E-state index contributed by atoms with van der Waals surface area (Å²) in [6.07, 6.45) is 1.93. The van der Waals surface area contributed by atoms with Gasteiger partial charge in [0.05, 0.1) is 0 Å². The number of hydrogen-bond donors (Lipinski definition) is 0. The van der Waals surface area contributed by atoms with Crippen molar-refractivity contribution in [1.29, 1.82) is 0 Å². The van der Waals surface area contributed by atoms with Gasteiger partial charge in [-0.25, -0.2) is 0 Å². The summed E-state index contributed by atoms with van der Waals surface area (Å²) in [6, 6.07) is 12.4. The van der Waals surface area contributed by atoms with Crippen LogP contribution in [0.4, 0.5) is 0 Å². The second kappa shape index (κ2) is 4.63. The second-order valence-corrected chi connectivity index (χ2v) is 9.89. The lowest BCUT2D eigenvalue weighted by atomic mass is 10.2. The Morgan fingerprint density at radius 3 is 2.54 bits per heavy atom. The molecule has 0 N–H and O–H groups in total. The molecule has 1 atom stereocenters. The highest BCUT2D eigenvalue weighted by Crippen LogP contribution is 2.20. The Hall–Kier alpha value is -0.533. The molecule has 2 heteroatoms. The van der Waals surface area contributed by atoms with Gasteiger partial charge < -0.3 is 0 Å². The van der Waals surface area contributed by atoms with Gasteiger partial charge in [0.25, 0.3) is 0 Å². The number of hydrogen-bond acceptors (Lipinski definition) is 0. The lowest BCUT2D eigenvalue weighted by Crippen LogP contribution is -2.24. The maximum atomic E-state index is 6.44. The summed E-state index contributed by atoms with van der Waals surface area (Å²) in [5.74, 6) is 0. The zero-order valence-electron chi connectivity index (χ0n) is 7.96. The van der Waals surface area contributed by atoms with Crippen molar-refractivity contribution in [1.82, 2.24) is 0 Å². The highest BCUT2D eigenvalue weighted by Gasteiger charge is 2.22. The first-order chi connectivity index (χ1) is 6.14. The van der Waals surface area contributed by atoms with E-state index in [1.165, 1.54) is 5.56 Å². The van der Waals surface area contributed by atoms with Crippen molar-refractivity contribution in [3.63, 3.8) is 0 Å². The lowest BCUT2D eigenvalue weighted by Gasteiger charge is -2.16.